The number of hydrogen-bond donors (Lipinski definition) is 0. The molecule has 1 aromatic rings. The summed E-state index contributed by atoms with van der Waals surface area (Å²) < 4.78 is 2.56. The van der Waals surface area contributed by atoms with Crippen LogP contribution < -0.4 is 5.19 Å². The van der Waals surface area contributed by atoms with Crippen molar-refractivity contribution in [1.29, 1.82) is 0 Å². The average Bonchev–Trinajstić information content (AvgIpc) is 2.21. The molecule has 1 aromatic carbocycles. The Balaban J connectivity index is 2.72. The summed E-state index contributed by atoms with van der Waals surface area (Å²) in [7, 11) is -0.474. The molecule has 0 N–H and O–H groups in total. The summed E-state index contributed by atoms with van der Waals surface area (Å²) in [5.74, 6) is 0. The number of nitrogens with zero attached hydrogens (tertiary/aromatic N) is 1. The third-order valence-electron chi connectivity index (χ3n) is 2.43. The van der Waals surface area contributed by atoms with Crippen LogP contribution in [0.5, 0.6) is 0 Å². The molecule has 2 heteroatoms. The van der Waals surface area contributed by atoms with Gasteiger partial charge in [-0.2, -0.15) is 11.7 Å². The molecule has 0 radical (unpaired) electrons. The molecule has 0 amide bonds. The van der Waals surface area contributed by atoms with Crippen molar-refractivity contribution >= 4 is 14.1 Å². The van der Waals surface area contributed by atoms with E-state index in [0.29, 0.717) is 0 Å². The van der Waals surface area contributed by atoms with Crippen LogP contribution >= 0.6 is 0 Å². The molecule has 0 aromatic heterocycles. The lowest BCUT2D eigenvalue weighted by Gasteiger charge is -2.40. The van der Waals surface area contributed by atoms with Crippen molar-refractivity contribution in [2.45, 2.75) is 20.4 Å². The normalized spacial score (nSPS) is 10.5. The highest BCUT2D eigenvalue weighted by atomic mass is 28.3. The lowest BCUT2D eigenvalue weighted by atomic mass is 10.4. The molecular weight excluding hydrogens is 174 g/mol. The van der Waals surface area contributed by atoms with Crippen LogP contribution in [-0.2, 0) is 0 Å². The van der Waals surface area contributed by atoms with Crippen molar-refractivity contribution in [3.05, 3.63) is 30.3 Å². The van der Waals surface area contributed by atoms with Gasteiger partial charge in [0.15, 0.2) is 0 Å². The molecule has 0 atom stereocenters. The molecule has 0 aliphatic rings. The van der Waals surface area contributed by atoms with Crippen LogP contribution in [0.25, 0.3) is 0 Å². The Labute approximate surface area is 83.1 Å². The number of rotatable bonds is 4. The van der Waals surface area contributed by atoms with Crippen LogP contribution in [-0.4, -0.2) is 26.6 Å². The van der Waals surface area contributed by atoms with Crippen LogP contribution in [0, 0.1) is 0 Å². The van der Waals surface area contributed by atoms with Gasteiger partial charge >= 0.3 is 0 Å². The Kier molecular flexibility index (Phi) is 4.19. The second-order valence-electron chi connectivity index (χ2n) is 3.12. The first-order valence-electron chi connectivity index (χ1n) is 4.93. The van der Waals surface area contributed by atoms with Gasteiger partial charge in [0.25, 0.3) is 0 Å². The van der Waals surface area contributed by atoms with E-state index < -0.39 is 8.96 Å². The minimum atomic E-state index is -0.474. The first kappa shape index (κ1) is 10.5. The maximum Gasteiger partial charge on any atom is -0.0364 e. The summed E-state index contributed by atoms with van der Waals surface area (Å²) >= 11 is 0. The fourth-order valence-electron chi connectivity index (χ4n) is 1.56. The smallest absolute Gasteiger partial charge is 0.0364 e. The highest BCUT2D eigenvalue weighted by Crippen LogP contribution is 1.95. The molecule has 0 bridgehead atoms. The summed E-state index contributed by atoms with van der Waals surface area (Å²) in [6.45, 7) is 9.17. The molecule has 0 fully saturated rings. The molecule has 1 rings (SSSR count). The second kappa shape index (κ2) is 5.20. The highest BCUT2D eigenvalue weighted by Gasteiger charge is 1.97. The predicted octanol–water partition coefficient (Wildman–Crippen LogP) is 1.86. The third kappa shape index (κ3) is 2.67. The lowest BCUT2D eigenvalue weighted by molar-refractivity contribution is 0.487. The van der Waals surface area contributed by atoms with E-state index in [4.69, 9.17) is 0 Å². The minimum Gasteiger partial charge on any atom is -0.456 e. The van der Waals surface area contributed by atoms with Crippen molar-refractivity contribution in [2.75, 3.05) is 13.1 Å². The Morgan fingerprint density at radius 3 is 2.08 bits per heavy atom. The lowest BCUT2D eigenvalue weighted by Crippen LogP contribution is -2.45. The summed E-state index contributed by atoms with van der Waals surface area (Å²) in [6, 6.07) is 10.8. The van der Waals surface area contributed by atoms with Crippen molar-refractivity contribution in [2.24, 2.45) is 0 Å². The van der Waals surface area contributed by atoms with Gasteiger partial charge in [0.2, 0.25) is 0 Å². The van der Waals surface area contributed by atoms with Gasteiger partial charge in [-0.15, -0.1) is 0 Å². The van der Waals surface area contributed by atoms with Crippen LogP contribution in [0.3, 0.4) is 0 Å². The van der Waals surface area contributed by atoms with Gasteiger partial charge in [0.1, 0.15) is 0 Å². The number of hydrogen-bond acceptors (Lipinski definition) is 1. The van der Waals surface area contributed by atoms with Crippen molar-refractivity contribution in [1.82, 2.24) is 4.57 Å². The Hall–Kier alpha value is -0.603. The van der Waals surface area contributed by atoms with Crippen LogP contribution in [0.4, 0.5) is 0 Å². The van der Waals surface area contributed by atoms with Gasteiger partial charge < -0.3 is 4.57 Å². The van der Waals surface area contributed by atoms with Gasteiger partial charge in [-0.25, -0.2) is 8.96 Å². The van der Waals surface area contributed by atoms with E-state index in [-0.39, 0.29) is 0 Å². The predicted molar refractivity (Wildman–Crippen MR) is 60.6 cm³/mol. The van der Waals surface area contributed by atoms with Crippen molar-refractivity contribution in [3.8, 4) is 0 Å². The van der Waals surface area contributed by atoms with Crippen molar-refractivity contribution in [3.63, 3.8) is 0 Å². The van der Waals surface area contributed by atoms with E-state index in [1.807, 2.05) is 0 Å². The van der Waals surface area contributed by atoms with Gasteiger partial charge in [0.05, 0.1) is 0 Å². The fourth-order valence-corrected chi connectivity index (χ4v) is 3.55. The summed E-state index contributed by atoms with van der Waals surface area (Å²) in [6.07, 6.45) is 0. The molecule has 0 spiro atoms. The maximum absolute atomic E-state index is 2.56. The fraction of sp³-hybridized carbons (Fsp3) is 0.455. The second-order valence-corrected chi connectivity index (χ2v) is 5.50. The Bertz CT molecular complexity index is 231. The summed E-state index contributed by atoms with van der Waals surface area (Å²) in [5.41, 5.74) is 0. The Morgan fingerprint density at radius 2 is 1.62 bits per heavy atom. The number of benzene rings is 1. The van der Waals surface area contributed by atoms with E-state index in [1.165, 1.54) is 5.19 Å². The summed E-state index contributed by atoms with van der Waals surface area (Å²) in [4.78, 5) is 0. The Morgan fingerprint density at radius 1 is 1.08 bits per heavy atom. The standard InChI is InChI=1S/C11H18NSi/c1-4-12(5-2)13(3)11-9-7-6-8-10-11/h6-10H,4-5H2,1-3H3/q-1. The first-order valence-corrected chi connectivity index (χ1v) is 6.88. The topological polar surface area (TPSA) is 3.24 Å². The molecule has 13 heavy (non-hydrogen) atoms. The first-order chi connectivity index (χ1) is 6.29. The van der Waals surface area contributed by atoms with Gasteiger partial charge in [0, 0.05) is 0 Å². The maximum atomic E-state index is 2.56. The van der Waals surface area contributed by atoms with E-state index in [9.17, 15) is 0 Å². The molecule has 0 unspecified atom stereocenters. The van der Waals surface area contributed by atoms with Crippen LogP contribution in [0.15, 0.2) is 30.3 Å². The third-order valence-corrected chi connectivity index (χ3v) is 5.18. The van der Waals surface area contributed by atoms with Crippen LogP contribution in [0.2, 0.25) is 6.55 Å². The molecule has 0 heterocycles. The minimum absolute atomic E-state index is 0.474. The van der Waals surface area contributed by atoms with Crippen molar-refractivity contribution < 1.29 is 0 Å². The highest BCUT2D eigenvalue weighted by molar-refractivity contribution is 6.69. The quantitative estimate of drug-likeness (QED) is 0.658. The monoisotopic (exact) mass is 192 g/mol. The molecule has 72 valence electrons. The van der Waals surface area contributed by atoms with E-state index in [0.717, 1.165) is 13.1 Å². The van der Waals surface area contributed by atoms with Gasteiger partial charge in [-0.1, -0.05) is 44.2 Å². The molecule has 0 saturated carbocycles. The van der Waals surface area contributed by atoms with E-state index in [2.05, 4.69) is 55.3 Å². The molecule has 0 saturated heterocycles. The molecular formula is C11H18NSi-. The van der Waals surface area contributed by atoms with Gasteiger partial charge in [-0.3, -0.25) is 0 Å². The zero-order valence-electron chi connectivity index (χ0n) is 8.75. The molecule has 0 aliphatic heterocycles. The summed E-state index contributed by atoms with van der Waals surface area (Å²) in [5, 5.41) is 1.51. The average molecular weight is 192 g/mol. The van der Waals surface area contributed by atoms with E-state index in [1.54, 1.807) is 0 Å². The molecule has 1 nitrogen and oxygen atoms in total. The van der Waals surface area contributed by atoms with Crippen LogP contribution in [0.1, 0.15) is 13.8 Å². The SMILES string of the molecule is CCN(CC)[Si-](C)c1ccccc1. The van der Waals surface area contributed by atoms with Gasteiger partial charge in [-0.05, 0) is 13.1 Å². The zero-order valence-corrected chi connectivity index (χ0v) is 9.75. The largest absolute Gasteiger partial charge is 0.456 e. The van der Waals surface area contributed by atoms with E-state index >= 15 is 0 Å². The zero-order chi connectivity index (χ0) is 9.68. The molecule has 0 aliphatic carbocycles.